The SMILES string of the molecule is CC(C)(CCCOCn1ccc(=O)[nH]c1=O)CS(=O)(=O)c1ccccc1C#N. The van der Waals surface area contributed by atoms with Crippen molar-refractivity contribution in [2.24, 2.45) is 5.41 Å². The van der Waals surface area contributed by atoms with Crippen LogP contribution in [0.25, 0.3) is 0 Å². The van der Waals surface area contributed by atoms with E-state index in [0.29, 0.717) is 19.4 Å². The van der Waals surface area contributed by atoms with Crippen LogP contribution in [-0.4, -0.2) is 30.3 Å². The third kappa shape index (κ3) is 5.90. The van der Waals surface area contributed by atoms with Crippen LogP contribution in [0.15, 0.2) is 51.0 Å². The number of rotatable bonds is 9. The zero-order valence-electron chi connectivity index (χ0n) is 15.8. The first-order chi connectivity index (χ1) is 13.1. The second-order valence-electron chi connectivity index (χ2n) is 7.25. The van der Waals surface area contributed by atoms with Crippen molar-refractivity contribution in [3.8, 4) is 6.07 Å². The first-order valence-corrected chi connectivity index (χ1v) is 10.4. The number of hydrogen-bond donors (Lipinski definition) is 1. The van der Waals surface area contributed by atoms with Gasteiger partial charge in [0.1, 0.15) is 12.8 Å². The molecule has 0 radical (unpaired) electrons. The average Bonchev–Trinajstić information content (AvgIpc) is 2.62. The minimum atomic E-state index is -3.60. The highest BCUT2D eigenvalue weighted by Gasteiger charge is 2.28. The number of sulfone groups is 1. The van der Waals surface area contributed by atoms with Gasteiger partial charge in [0.15, 0.2) is 9.84 Å². The fraction of sp³-hybridized carbons (Fsp3) is 0.421. The van der Waals surface area contributed by atoms with E-state index in [1.54, 1.807) is 12.1 Å². The van der Waals surface area contributed by atoms with Gasteiger partial charge in [-0.25, -0.2) is 13.2 Å². The van der Waals surface area contributed by atoms with Gasteiger partial charge in [-0.2, -0.15) is 5.26 Å². The van der Waals surface area contributed by atoms with Gasteiger partial charge in [-0.3, -0.25) is 14.3 Å². The fourth-order valence-corrected chi connectivity index (χ4v) is 4.92. The maximum absolute atomic E-state index is 12.7. The summed E-state index contributed by atoms with van der Waals surface area (Å²) in [6, 6.07) is 9.34. The zero-order chi connectivity index (χ0) is 20.8. The number of aromatic nitrogens is 2. The van der Waals surface area contributed by atoms with Crippen LogP contribution in [0, 0.1) is 16.7 Å². The van der Waals surface area contributed by atoms with Crippen LogP contribution in [0.5, 0.6) is 0 Å². The molecule has 9 heteroatoms. The number of benzene rings is 1. The van der Waals surface area contributed by atoms with Gasteiger partial charge in [0.05, 0.1) is 16.2 Å². The Morgan fingerprint density at radius 3 is 2.61 bits per heavy atom. The van der Waals surface area contributed by atoms with Gasteiger partial charge in [-0.1, -0.05) is 26.0 Å². The van der Waals surface area contributed by atoms with Crippen LogP contribution in [-0.2, 0) is 21.3 Å². The molecule has 2 rings (SSSR count). The Kier molecular flexibility index (Phi) is 6.94. The van der Waals surface area contributed by atoms with Gasteiger partial charge in [-0.15, -0.1) is 0 Å². The van der Waals surface area contributed by atoms with Crippen LogP contribution in [0.3, 0.4) is 0 Å². The molecule has 1 aromatic carbocycles. The number of hydrogen-bond acceptors (Lipinski definition) is 6. The number of nitrogens with zero attached hydrogens (tertiary/aromatic N) is 2. The van der Waals surface area contributed by atoms with Gasteiger partial charge < -0.3 is 4.74 Å². The summed E-state index contributed by atoms with van der Waals surface area (Å²) in [6.07, 6.45) is 2.53. The highest BCUT2D eigenvalue weighted by Crippen LogP contribution is 2.28. The summed E-state index contributed by atoms with van der Waals surface area (Å²) in [5.74, 6) is -0.0852. The Morgan fingerprint density at radius 2 is 1.93 bits per heavy atom. The minimum absolute atomic E-state index is 0.00385. The van der Waals surface area contributed by atoms with E-state index in [9.17, 15) is 18.0 Å². The number of nitriles is 1. The lowest BCUT2D eigenvalue weighted by Crippen LogP contribution is -2.29. The van der Waals surface area contributed by atoms with Gasteiger partial charge in [-0.05, 0) is 30.4 Å². The molecule has 2 aromatic rings. The monoisotopic (exact) mass is 405 g/mol. The lowest BCUT2D eigenvalue weighted by atomic mass is 9.90. The molecule has 0 saturated carbocycles. The number of aromatic amines is 1. The molecular formula is C19H23N3O5S. The van der Waals surface area contributed by atoms with Crippen LogP contribution in [0.4, 0.5) is 0 Å². The van der Waals surface area contributed by atoms with Gasteiger partial charge in [0.2, 0.25) is 0 Å². The fourth-order valence-electron chi connectivity index (χ4n) is 2.86. The molecular weight excluding hydrogens is 382 g/mol. The molecule has 150 valence electrons. The zero-order valence-corrected chi connectivity index (χ0v) is 16.7. The first kappa shape index (κ1) is 21.6. The highest BCUT2D eigenvalue weighted by atomic mass is 32.2. The van der Waals surface area contributed by atoms with Gasteiger partial charge >= 0.3 is 5.69 Å². The number of H-pyrrole nitrogens is 1. The summed E-state index contributed by atoms with van der Waals surface area (Å²) in [7, 11) is -3.60. The molecule has 0 fully saturated rings. The predicted molar refractivity (Wildman–Crippen MR) is 103 cm³/mol. The summed E-state index contributed by atoms with van der Waals surface area (Å²) in [5.41, 5.74) is -1.38. The smallest absolute Gasteiger partial charge is 0.330 e. The Labute approximate surface area is 163 Å². The van der Waals surface area contributed by atoms with Crippen molar-refractivity contribution in [3.63, 3.8) is 0 Å². The van der Waals surface area contributed by atoms with Crippen LogP contribution >= 0.6 is 0 Å². The van der Waals surface area contributed by atoms with Crippen molar-refractivity contribution in [3.05, 3.63) is 62.9 Å². The van der Waals surface area contributed by atoms with E-state index in [1.165, 1.54) is 29.0 Å². The minimum Gasteiger partial charge on any atom is -0.361 e. The predicted octanol–water partition coefficient (Wildman–Crippen LogP) is 1.66. The molecule has 8 nitrogen and oxygen atoms in total. The summed E-state index contributed by atoms with van der Waals surface area (Å²) >= 11 is 0. The van der Waals surface area contributed by atoms with E-state index >= 15 is 0 Å². The first-order valence-electron chi connectivity index (χ1n) is 8.74. The molecule has 0 spiro atoms. The summed E-state index contributed by atoms with van der Waals surface area (Å²) in [4.78, 5) is 24.7. The van der Waals surface area contributed by atoms with Crippen molar-refractivity contribution >= 4 is 9.84 Å². The molecule has 0 saturated heterocycles. The van der Waals surface area contributed by atoms with Crippen molar-refractivity contribution in [2.75, 3.05) is 12.4 Å². The van der Waals surface area contributed by atoms with Crippen molar-refractivity contribution in [1.82, 2.24) is 9.55 Å². The molecule has 0 aliphatic rings. The maximum Gasteiger partial charge on any atom is 0.330 e. The molecule has 0 amide bonds. The third-order valence-corrected chi connectivity index (χ3v) is 6.38. The Hall–Kier alpha value is -2.70. The lowest BCUT2D eigenvalue weighted by Gasteiger charge is -2.24. The largest absolute Gasteiger partial charge is 0.361 e. The standard InChI is InChI=1S/C19H23N3O5S/c1-19(2,13-28(25,26)16-7-4-3-6-15(16)12-20)9-5-11-27-14-22-10-8-17(23)21-18(22)24/h3-4,6-8,10H,5,9,11,13-14H2,1-2H3,(H,21,23,24). The van der Waals surface area contributed by atoms with E-state index in [-0.39, 0.29) is 22.9 Å². The van der Waals surface area contributed by atoms with Crippen LogP contribution in [0.1, 0.15) is 32.3 Å². The Balaban J connectivity index is 1.89. The lowest BCUT2D eigenvalue weighted by molar-refractivity contribution is 0.0663. The molecule has 0 atom stereocenters. The molecule has 1 aromatic heterocycles. The number of nitrogens with one attached hydrogen (secondary N) is 1. The van der Waals surface area contributed by atoms with Crippen molar-refractivity contribution < 1.29 is 13.2 Å². The molecule has 1 heterocycles. The maximum atomic E-state index is 12.7. The third-order valence-electron chi connectivity index (χ3n) is 4.19. The molecule has 0 unspecified atom stereocenters. The normalized spacial score (nSPS) is 11.9. The molecule has 0 aliphatic heterocycles. The van der Waals surface area contributed by atoms with Crippen molar-refractivity contribution in [1.29, 1.82) is 5.26 Å². The Morgan fingerprint density at radius 1 is 1.21 bits per heavy atom. The molecule has 0 aliphatic carbocycles. The van der Waals surface area contributed by atoms with Crippen LogP contribution in [0.2, 0.25) is 0 Å². The summed E-state index contributed by atoms with van der Waals surface area (Å²) < 4.78 is 32.1. The summed E-state index contributed by atoms with van der Waals surface area (Å²) in [5, 5.41) is 9.13. The highest BCUT2D eigenvalue weighted by molar-refractivity contribution is 7.91. The second kappa shape index (κ2) is 8.99. The van der Waals surface area contributed by atoms with Crippen molar-refractivity contribution in [2.45, 2.75) is 38.3 Å². The number of ether oxygens (including phenoxy) is 1. The van der Waals surface area contributed by atoms with Gasteiger partial charge in [0.25, 0.3) is 5.56 Å². The summed E-state index contributed by atoms with van der Waals surface area (Å²) in [6.45, 7) is 4.05. The van der Waals surface area contributed by atoms with E-state index in [2.05, 4.69) is 4.98 Å². The average molecular weight is 405 g/mol. The van der Waals surface area contributed by atoms with E-state index < -0.39 is 26.5 Å². The van der Waals surface area contributed by atoms with E-state index in [4.69, 9.17) is 10.00 Å². The van der Waals surface area contributed by atoms with E-state index in [0.717, 1.165) is 0 Å². The quantitative estimate of drug-likeness (QED) is 0.633. The second-order valence-corrected chi connectivity index (χ2v) is 9.21. The molecule has 1 N–H and O–H groups in total. The van der Waals surface area contributed by atoms with Gasteiger partial charge in [0, 0.05) is 18.9 Å². The Bertz CT molecular complexity index is 1080. The topological polar surface area (TPSA) is 122 Å². The molecule has 0 bridgehead atoms. The molecule has 28 heavy (non-hydrogen) atoms. The van der Waals surface area contributed by atoms with Crippen LogP contribution < -0.4 is 11.2 Å². The van der Waals surface area contributed by atoms with E-state index in [1.807, 2.05) is 19.9 Å².